The van der Waals surface area contributed by atoms with E-state index in [0.29, 0.717) is 18.0 Å². The van der Waals surface area contributed by atoms with E-state index in [9.17, 15) is 8.42 Å². The van der Waals surface area contributed by atoms with Crippen LogP contribution in [0.15, 0.2) is 11.0 Å². The Bertz CT molecular complexity index is 493. The summed E-state index contributed by atoms with van der Waals surface area (Å²) in [6.45, 7) is 4.75. The molecule has 4 nitrogen and oxygen atoms in total. The summed E-state index contributed by atoms with van der Waals surface area (Å²) in [5, 5.41) is 0. The summed E-state index contributed by atoms with van der Waals surface area (Å²) in [7, 11) is -3.32. The molecule has 0 aromatic carbocycles. The fourth-order valence-electron chi connectivity index (χ4n) is 1.97. The van der Waals surface area contributed by atoms with Crippen molar-refractivity contribution in [2.45, 2.75) is 31.2 Å². The summed E-state index contributed by atoms with van der Waals surface area (Å²) < 4.78 is 26.1. The predicted molar refractivity (Wildman–Crippen MR) is 65.1 cm³/mol. The second kappa shape index (κ2) is 4.10. The van der Waals surface area contributed by atoms with E-state index < -0.39 is 10.0 Å². The van der Waals surface area contributed by atoms with Crippen LogP contribution in [0.2, 0.25) is 0 Å². The Balaban J connectivity index is 2.36. The monoisotopic (exact) mass is 260 g/mol. The second-order valence-electron chi connectivity index (χ2n) is 4.19. The first kappa shape index (κ1) is 12.0. The Morgan fingerprint density at radius 3 is 2.62 bits per heavy atom. The first-order valence-electron chi connectivity index (χ1n) is 5.24. The van der Waals surface area contributed by atoms with Crippen molar-refractivity contribution >= 4 is 21.4 Å². The topological polar surface area (TPSA) is 63.4 Å². The molecular weight excluding hydrogens is 244 g/mol. The summed E-state index contributed by atoms with van der Waals surface area (Å²) >= 11 is 1.52. The standard InChI is InChI=1S/C10H16N2O2S2/c1-7-5-10(8(2)15-7)16(13,14)12-4-3-9(11)6-12/h5,9H,3-4,6,11H2,1-2H3/t9-/m1/s1. The second-order valence-corrected chi connectivity index (χ2v) is 7.56. The molecule has 1 saturated heterocycles. The van der Waals surface area contributed by atoms with Crippen molar-refractivity contribution in [1.82, 2.24) is 4.31 Å². The van der Waals surface area contributed by atoms with Crippen molar-refractivity contribution in [3.63, 3.8) is 0 Å². The van der Waals surface area contributed by atoms with Crippen LogP contribution < -0.4 is 5.73 Å². The lowest BCUT2D eigenvalue weighted by Gasteiger charge is -2.15. The van der Waals surface area contributed by atoms with E-state index in [1.807, 2.05) is 13.8 Å². The van der Waals surface area contributed by atoms with E-state index in [2.05, 4.69) is 0 Å². The third-order valence-corrected chi connectivity index (χ3v) is 5.89. The van der Waals surface area contributed by atoms with E-state index >= 15 is 0 Å². The van der Waals surface area contributed by atoms with Crippen LogP contribution in [0.25, 0.3) is 0 Å². The molecule has 2 rings (SSSR count). The molecule has 0 unspecified atom stereocenters. The van der Waals surface area contributed by atoms with Crippen LogP contribution in [0.4, 0.5) is 0 Å². The van der Waals surface area contributed by atoms with Crippen LogP contribution in [0.1, 0.15) is 16.2 Å². The zero-order chi connectivity index (χ0) is 11.9. The van der Waals surface area contributed by atoms with Crippen LogP contribution in [0, 0.1) is 13.8 Å². The Kier molecular flexibility index (Phi) is 3.09. The van der Waals surface area contributed by atoms with E-state index in [0.717, 1.165) is 16.2 Å². The quantitative estimate of drug-likeness (QED) is 0.865. The number of hydrogen-bond donors (Lipinski definition) is 1. The molecule has 90 valence electrons. The number of sulfonamides is 1. The van der Waals surface area contributed by atoms with Crippen LogP contribution in [-0.4, -0.2) is 31.9 Å². The molecule has 1 fully saturated rings. The van der Waals surface area contributed by atoms with Crippen molar-refractivity contribution in [2.75, 3.05) is 13.1 Å². The number of aryl methyl sites for hydroxylation is 2. The van der Waals surface area contributed by atoms with Gasteiger partial charge in [-0.15, -0.1) is 11.3 Å². The summed E-state index contributed by atoms with van der Waals surface area (Å²) in [5.41, 5.74) is 5.74. The highest BCUT2D eigenvalue weighted by atomic mass is 32.2. The smallest absolute Gasteiger partial charge is 0.244 e. The van der Waals surface area contributed by atoms with Crippen molar-refractivity contribution in [3.05, 3.63) is 15.8 Å². The lowest BCUT2D eigenvalue weighted by molar-refractivity contribution is 0.472. The highest BCUT2D eigenvalue weighted by molar-refractivity contribution is 7.89. The largest absolute Gasteiger partial charge is 0.326 e. The first-order valence-corrected chi connectivity index (χ1v) is 7.49. The first-order chi connectivity index (χ1) is 7.41. The van der Waals surface area contributed by atoms with E-state index in [1.54, 1.807) is 6.07 Å². The minimum absolute atomic E-state index is 0.0187. The zero-order valence-corrected chi connectivity index (χ0v) is 11.1. The number of nitrogens with two attached hydrogens (primary N) is 1. The van der Waals surface area contributed by atoms with Crippen LogP contribution >= 0.6 is 11.3 Å². The van der Waals surface area contributed by atoms with Crippen LogP contribution in [0.3, 0.4) is 0 Å². The zero-order valence-electron chi connectivity index (χ0n) is 9.43. The fourth-order valence-corrected chi connectivity index (χ4v) is 5.01. The molecule has 0 amide bonds. The number of thiophene rings is 1. The van der Waals surface area contributed by atoms with E-state index in [1.165, 1.54) is 15.6 Å². The van der Waals surface area contributed by atoms with Crippen molar-refractivity contribution in [2.24, 2.45) is 5.73 Å². The van der Waals surface area contributed by atoms with Crippen molar-refractivity contribution in [1.29, 1.82) is 0 Å². The van der Waals surface area contributed by atoms with Gasteiger partial charge in [0.05, 0.1) is 4.90 Å². The van der Waals surface area contributed by atoms with Gasteiger partial charge in [0.1, 0.15) is 0 Å². The molecule has 0 bridgehead atoms. The third-order valence-electron chi connectivity index (χ3n) is 2.80. The molecule has 1 aliphatic heterocycles. The maximum absolute atomic E-state index is 12.3. The van der Waals surface area contributed by atoms with Gasteiger partial charge < -0.3 is 5.73 Å². The molecule has 0 radical (unpaired) electrons. The van der Waals surface area contributed by atoms with E-state index in [4.69, 9.17) is 5.73 Å². The van der Waals surface area contributed by atoms with Crippen LogP contribution in [0.5, 0.6) is 0 Å². The number of nitrogens with zero attached hydrogens (tertiary/aromatic N) is 1. The summed E-state index contributed by atoms with van der Waals surface area (Å²) in [4.78, 5) is 2.33. The summed E-state index contributed by atoms with van der Waals surface area (Å²) in [6, 6.07) is 1.73. The molecule has 1 aromatic heterocycles. The molecule has 6 heteroatoms. The molecule has 1 atom stereocenters. The van der Waals surface area contributed by atoms with Gasteiger partial charge in [-0.1, -0.05) is 0 Å². The lowest BCUT2D eigenvalue weighted by atomic mass is 10.3. The molecule has 2 N–H and O–H groups in total. The van der Waals surface area contributed by atoms with Gasteiger partial charge >= 0.3 is 0 Å². The minimum Gasteiger partial charge on any atom is -0.326 e. The average Bonchev–Trinajstić information content (AvgIpc) is 2.73. The normalized spacial score (nSPS) is 22.8. The highest BCUT2D eigenvalue weighted by Gasteiger charge is 2.32. The molecule has 0 aliphatic carbocycles. The molecule has 1 aliphatic rings. The summed E-state index contributed by atoms with van der Waals surface area (Å²) in [6.07, 6.45) is 0.751. The van der Waals surface area contributed by atoms with E-state index in [-0.39, 0.29) is 6.04 Å². The van der Waals surface area contributed by atoms with Gasteiger partial charge in [-0.3, -0.25) is 0 Å². The maximum atomic E-state index is 12.3. The molecule has 16 heavy (non-hydrogen) atoms. The lowest BCUT2D eigenvalue weighted by Crippen LogP contribution is -2.32. The van der Waals surface area contributed by atoms with Gasteiger partial charge in [-0.25, -0.2) is 8.42 Å². The van der Waals surface area contributed by atoms with Gasteiger partial charge in [-0.2, -0.15) is 4.31 Å². The fraction of sp³-hybridized carbons (Fsp3) is 0.600. The Morgan fingerprint density at radius 1 is 1.50 bits per heavy atom. The van der Waals surface area contributed by atoms with Gasteiger partial charge in [0.25, 0.3) is 0 Å². The Morgan fingerprint density at radius 2 is 2.19 bits per heavy atom. The maximum Gasteiger partial charge on any atom is 0.244 e. The molecule has 2 heterocycles. The van der Waals surface area contributed by atoms with Crippen molar-refractivity contribution < 1.29 is 8.42 Å². The van der Waals surface area contributed by atoms with Gasteiger partial charge in [-0.05, 0) is 26.3 Å². The number of rotatable bonds is 2. The van der Waals surface area contributed by atoms with Crippen molar-refractivity contribution in [3.8, 4) is 0 Å². The minimum atomic E-state index is -3.32. The summed E-state index contributed by atoms with van der Waals surface area (Å²) in [5.74, 6) is 0. The van der Waals surface area contributed by atoms with Gasteiger partial charge in [0.15, 0.2) is 0 Å². The predicted octanol–water partition coefficient (Wildman–Crippen LogP) is 1.09. The number of hydrogen-bond acceptors (Lipinski definition) is 4. The molecule has 0 spiro atoms. The SMILES string of the molecule is Cc1cc(S(=O)(=O)N2CC[C@@H](N)C2)c(C)s1. The molecule has 0 saturated carbocycles. The van der Waals surface area contributed by atoms with Gasteiger partial charge in [0.2, 0.25) is 10.0 Å². The van der Waals surface area contributed by atoms with Crippen LogP contribution in [-0.2, 0) is 10.0 Å². The third kappa shape index (κ3) is 2.02. The van der Waals surface area contributed by atoms with Gasteiger partial charge in [0, 0.05) is 28.9 Å². The Hall–Kier alpha value is -0.430. The molecular formula is C10H16N2O2S2. The average molecular weight is 260 g/mol. The highest BCUT2D eigenvalue weighted by Crippen LogP contribution is 2.29. The molecule has 1 aromatic rings. The Labute approximate surface area is 100 Å².